The topological polar surface area (TPSA) is 80.0 Å². The number of hydrogen-bond donors (Lipinski definition) is 3. The third-order valence-electron chi connectivity index (χ3n) is 7.95. The van der Waals surface area contributed by atoms with Gasteiger partial charge in [0.2, 0.25) is 5.91 Å². The van der Waals surface area contributed by atoms with Gasteiger partial charge in [-0.1, -0.05) is 12.5 Å². The zero-order valence-corrected chi connectivity index (χ0v) is 25.4. The summed E-state index contributed by atoms with van der Waals surface area (Å²) < 4.78 is 0. The standard InChI is InChI=1S/C31H44Cl2N6O2/c32-15-22-39(23-16-33)28-11-9-25(10-12-28)35-31(41)36-27-7-4-6-26(24-27)34-30(40)8-5-17-37-20-13-29(14-21-37)38-18-2-1-3-19-38/h4,6-7,9-12,24,29H,1-3,5,8,13-23H2,(H,34,40)(H2,35,36,41). The summed E-state index contributed by atoms with van der Waals surface area (Å²) in [5.74, 6) is 1.01. The molecule has 0 unspecified atom stereocenters. The van der Waals surface area contributed by atoms with Crippen LogP contribution in [0, 0.1) is 0 Å². The van der Waals surface area contributed by atoms with E-state index in [4.69, 9.17) is 23.2 Å². The summed E-state index contributed by atoms with van der Waals surface area (Å²) in [6.45, 7) is 7.15. The lowest BCUT2D eigenvalue weighted by atomic mass is 10.00. The number of likely N-dealkylation sites (tertiary alicyclic amines) is 2. The Morgan fingerprint density at radius 2 is 1.44 bits per heavy atom. The van der Waals surface area contributed by atoms with E-state index in [1.54, 1.807) is 12.1 Å². The van der Waals surface area contributed by atoms with Crippen molar-refractivity contribution in [2.24, 2.45) is 0 Å². The van der Waals surface area contributed by atoms with Gasteiger partial charge >= 0.3 is 6.03 Å². The fourth-order valence-electron chi connectivity index (χ4n) is 5.78. The molecule has 0 aromatic heterocycles. The number of hydrogen-bond acceptors (Lipinski definition) is 5. The Bertz CT molecular complexity index is 1080. The Morgan fingerprint density at radius 3 is 2.10 bits per heavy atom. The summed E-state index contributed by atoms with van der Waals surface area (Å²) in [6.07, 6.45) is 7.89. The number of rotatable bonds is 13. The predicted octanol–water partition coefficient (Wildman–Crippen LogP) is 6.28. The highest BCUT2D eigenvalue weighted by Gasteiger charge is 2.25. The number of urea groups is 1. The third-order valence-corrected chi connectivity index (χ3v) is 8.28. The van der Waals surface area contributed by atoms with Crippen molar-refractivity contribution in [3.05, 3.63) is 48.5 Å². The SMILES string of the molecule is O=C(CCCN1CCC(N2CCCCC2)CC1)Nc1cccc(NC(=O)Nc2ccc(N(CCCl)CCCl)cc2)c1. The van der Waals surface area contributed by atoms with Crippen LogP contribution < -0.4 is 20.9 Å². The highest BCUT2D eigenvalue weighted by Crippen LogP contribution is 2.22. The van der Waals surface area contributed by atoms with Crippen LogP contribution in [0.3, 0.4) is 0 Å². The van der Waals surface area contributed by atoms with Gasteiger partial charge in [-0.15, -0.1) is 23.2 Å². The highest BCUT2D eigenvalue weighted by atomic mass is 35.5. The molecule has 2 saturated heterocycles. The maximum atomic E-state index is 12.6. The Balaban J connectivity index is 1.16. The number of nitrogens with one attached hydrogen (secondary N) is 3. The summed E-state index contributed by atoms with van der Waals surface area (Å²) in [6, 6.07) is 15.2. The zero-order chi connectivity index (χ0) is 28.9. The minimum atomic E-state index is -0.358. The average molecular weight is 604 g/mol. The van der Waals surface area contributed by atoms with Gasteiger partial charge in [-0.2, -0.15) is 0 Å². The lowest BCUT2D eigenvalue weighted by Gasteiger charge is -2.40. The zero-order valence-electron chi connectivity index (χ0n) is 23.9. The van der Waals surface area contributed by atoms with Gasteiger partial charge in [-0.25, -0.2) is 4.79 Å². The monoisotopic (exact) mass is 602 g/mol. The van der Waals surface area contributed by atoms with Gasteiger partial charge in [-0.3, -0.25) is 4.79 Å². The van der Waals surface area contributed by atoms with Gasteiger partial charge in [0, 0.05) is 60.1 Å². The van der Waals surface area contributed by atoms with E-state index in [9.17, 15) is 9.59 Å². The van der Waals surface area contributed by atoms with E-state index in [1.165, 1.54) is 45.2 Å². The Kier molecular flexibility index (Phi) is 12.9. The van der Waals surface area contributed by atoms with Crippen LogP contribution >= 0.6 is 23.2 Å². The molecule has 0 spiro atoms. The molecule has 3 amide bonds. The second-order valence-corrected chi connectivity index (χ2v) is 11.6. The largest absolute Gasteiger partial charge is 0.369 e. The van der Waals surface area contributed by atoms with Gasteiger partial charge < -0.3 is 30.7 Å². The van der Waals surface area contributed by atoms with Crippen molar-refractivity contribution in [2.45, 2.75) is 51.0 Å². The molecule has 0 atom stereocenters. The van der Waals surface area contributed by atoms with Crippen LogP contribution in [0.5, 0.6) is 0 Å². The first kappa shape index (κ1) is 31.4. The number of alkyl halides is 2. The molecule has 224 valence electrons. The molecule has 2 fully saturated rings. The number of anilines is 4. The smallest absolute Gasteiger partial charge is 0.323 e. The highest BCUT2D eigenvalue weighted by molar-refractivity contribution is 6.18. The first-order chi connectivity index (χ1) is 20.0. The third kappa shape index (κ3) is 10.4. The van der Waals surface area contributed by atoms with Gasteiger partial charge in [0.1, 0.15) is 0 Å². The van der Waals surface area contributed by atoms with Crippen LogP contribution in [0.15, 0.2) is 48.5 Å². The second kappa shape index (κ2) is 16.8. The Hall–Kier alpha value is -2.52. The molecule has 0 bridgehead atoms. The number of carbonyl (C=O) groups is 2. The predicted molar refractivity (Wildman–Crippen MR) is 172 cm³/mol. The van der Waals surface area contributed by atoms with Gasteiger partial charge in [0.25, 0.3) is 0 Å². The fourth-order valence-corrected chi connectivity index (χ4v) is 6.18. The average Bonchev–Trinajstić information content (AvgIpc) is 2.98. The van der Waals surface area contributed by atoms with Crippen molar-refractivity contribution < 1.29 is 9.59 Å². The molecule has 0 aliphatic carbocycles. The molecule has 3 N–H and O–H groups in total. The lowest BCUT2D eigenvalue weighted by molar-refractivity contribution is -0.116. The van der Waals surface area contributed by atoms with E-state index in [2.05, 4.69) is 30.7 Å². The number of amides is 3. The number of benzene rings is 2. The van der Waals surface area contributed by atoms with Crippen molar-refractivity contribution >= 4 is 57.9 Å². The number of nitrogens with zero attached hydrogens (tertiary/aromatic N) is 3. The maximum absolute atomic E-state index is 12.6. The molecule has 2 aliphatic rings. The van der Waals surface area contributed by atoms with E-state index in [-0.39, 0.29) is 11.9 Å². The molecule has 2 aromatic rings. The van der Waals surface area contributed by atoms with Crippen LogP contribution in [-0.2, 0) is 4.79 Å². The van der Waals surface area contributed by atoms with Crippen LogP contribution in [0.1, 0.15) is 44.9 Å². The van der Waals surface area contributed by atoms with E-state index in [0.717, 1.165) is 37.8 Å². The minimum Gasteiger partial charge on any atom is -0.369 e. The molecule has 8 nitrogen and oxygen atoms in total. The summed E-state index contributed by atoms with van der Waals surface area (Å²) in [5.41, 5.74) is 2.93. The molecule has 41 heavy (non-hydrogen) atoms. The van der Waals surface area contributed by atoms with Gasteiger partial charge in [0.15, 0.2) is 0 Å². The number of halogens is 2. The molecule has 2 aromatic carbocycles. The van der Waals surface area contributed by atoms with Crippen molar-refractivity contribution in [3.8, 4) is 0 Å². The summed E-state index contributed by atoms with van der Waals surface area (Å²) >= 11 is 11.8. The van der Waals surface area contributed by atoms with Crippen molar-refractivity contribution in [1.82, 2.24) is 9.80 Å². The van der Waals surface area contributed by atoms with Crippen molar-refractivity contribution in [3.63, 3.8) is 0 Å². The van der Waals surface area contributed by atoms with Crippen LogP contribution in [0.4, 0.5) is 27.5 Å². The lowest BCUT2D eigenvalue weighted by Crippen LogP contribution is -2.46. The molecule has 0 radical (unpaired) electrons. The quantitative estimate of drug-likeness (QED) is 0.235. The maximum Gasteiger partial charge on any atom is 0.323 e. The van der Waals surface area contributed by atoms with Crippen LogP contribution in [0.25, 0.3) is 0 Å². The van der Waals surface area contributed by atoms with Crippen molar-refractivity contribution in [1.29, 1.82) is 0 Å². The van der Waals surface area contributed by atoms with E-state index in [0.29, 0.717) is 48.3 Å². The van der Waals surface area contributed by atoms with Crippen LogP contribution in [-0.4, -0.2) is 85.4 Å². The molecular weight excluding hydrogens is 559 g/mol. The minimum absolute atomic E-state index is 0.00716. The molecule has 2 aliphatic heterocycles. The molecule has 0 saturated carbocycles. The normalized spacial score (nSPS) is 16.7. The van der Waals surface area contributed by atoms with E-state index in [1.807, 2.05) is 36.4 Å². The summed E-state index contributed by atoms with van der Waals surface area (Å²) in [7, 11) is 0. The Morgan fingerprint density at radius 1 is 0.805 bits per heavy atom. The van der Waals surface area contributed by atoms with Crippen molar-refractivity contribution in [2.75, 3.05) is 78.4 Å². The molecular formula is C31H44Cl2N6O2. The molecule has 4 rings (SSSR count). The first-order valence-electron chi connectivity index (χ1n) is 15.0. The van der Waals surface area contributed by atoms with E-state index >= 15 is 0 Å². The summed E-state index contributed by atoms with van der Waals surface area (Å²) in [4.78, 5) is 32.5. The second-order valence-electron chi connectivity index (χ2n) is 10.9. The molecule has 10 heteroatoms. The van der Waals surface area contributed by atoms with E-state index < -0.39 is 0 Å². The molecule has 2 heterocycles. The van der Waals surface area contributed by atoms with Gasteiger partial charge in [0.05, 0.1) is 0 Å². The van der Waals surface area contributed by atoms with Crippen LogP contribution in [0.2, 0.25) is 0 Å². The fraction of sp³-hybridized carbons (Fsp3) is 0.548. The summed E-state index contributed by atoms with van der Waals surface area (Å²) in [5, 5.41) is 8.66. The number of piperidine rings is 2. The van der Waals surface area contributed by atoms with Gasteiger partial charge in [-0.05, 0) is 107 Å². The first-order valence-corrected chi connectivity index (χ1v) is 16.0. The Labute approximate surface area is 254 Å². The number of carbonyl (C=O) groups excluding carboxylic acids is 2.